The van der Waals surface area contributed by atoms with Gasteiger partial charge in [0.25, 0.3) is 5.91 Å². The molecule has 2 amide bonds. The molecule has 4 aromatic rings. The standard InChI is InChI=1S/C25H20ClN3O2/c1-15-10-11-16(12-21(15)26)28-23(30)14-29-24(18-7-2-3-8-19(18)25(29)31)20-13-27-22-9-5-4-6-17(20)22/h2-13,24,27H,14H2,1H3,(H,28,30). The van der Waals surface area contributed by atoms with Gasteiger partial charge in [-0.05, 0) is 42.3 Å². The molecular formula is C25H20ClN3O2. The summed E-state index contributed by atoms with van der Waals surface area (Å²) in [5, 5.41) is 4.48. The summed E-state index contributed by atoms with van der Waals surface area (Å²) in [5.74, 6) is -0.422. The van der Waals surface area contributed by atoms with Gasteiger partial charge in [-0.1, -0.05) is 54.1 Å². The summed E-state index contributed by atoms with van der Waals surface area (Å²) in [4.78, 5) is 31.0. The largest absolute Gasteiger partial charge is 0.361 e. The minimum atomic E-state index is -0.341. The second-order valence-electron chi connectivity index (χ2n) is 7.72. The van der Waals surface area contributed by atoms with Crippen molar-refractivity contribution < 1.29 is 9.59 Å². The fourth-order valence-corrected chi connectivity index (χ4v) is 4.40. The molecule has 0 spiro atoms. The average molecular weight is 430 g/mol. The maximum Gasteiger partial charge on any atom is 0.255 e. The third-order valence-corrected chi connectivity index (χ3v) is 6.15. The third-order valence-electron chi connectivity index (χ3n) is 5.74. The Hall–Kier alpha value is -3.57. The molecule has 0 saturated heterocycles. The van der Waals surface area contributed by atoms with E-state index < -0.39 is 0 Å². The molecule has 1 aromatic heterocycles. The number of para-hydroxylation sites is 1. The number of rotatable bonds is 4. The minimum absolute atomic E-state index is 0.0663. The predicted octanol–water partition coefficient (Wildman–Crippen LogP) is 5.31. The zero-order chi connectivity index (χ0) is 21.5. The van der Waals surface area contributed by atoms with Gasteiger partial charge in [0.15, 0.2) is 0 Å². The van der Waals surface area contributed by atoms with Crippen LogP contribution in [0.3, 0.4) is 0 Å². The first-order valence-electron chi connectivity index (χ1n) is 10.0. The minimum Gasteiger partial charge on any atom is -0.361 e. The number of amides is 2. The van der Waals surface area contributed by atoms with E-state index in [1.807, 2.05) is 67.7 Å². The summed E-state index contributed by atoms with van der Waals surface area (Å²) in [6.45, 7) is 1.84. The molecule has 1 aliphatic rings. The van der Waals surface area contributed by atoms with E-state index in [2.05, 4.69) is 10.3 Å². The van der Waals surface area contributed by atoms with Crippen molar-refractivity contribution in [3.8, 4) is 0 Å². The summed E-state index contributed by atoms with van der Waals surface area (Å²) in [5.41, 5.74) is 5.04. The van der Waals surface area contributed by atoms with E-state index in [1.54, 1.807) is 17.0 Å². The molecule has 0 aliphatic carbocycles. The maximum atomic E-state index is 13.2. The zero-order valence-electron chi connectivity index (χ0n) is 16.9. The molecule has 3 aromatic carbocycles. The number of aryl methyl sites for hydroxylation is 1. The van der Waals surface area contributed by atoms with Crippen LogP contribution in [0.4, 0.5) is 5.69 Å². The van der Waals surface area contributed by atoms with E-state index in [9.17, 15) is 9.59 Å². The van der Waals surface area contributed by atoms with Crippen molar-refractivity contribution in [1.29, 1.82) is 0 Å². The quantitative estimate of drug-likeness (QED) is 0.461. The van der Waals surface area contributed by atoms with Crippen LogP contribution in [0.2, 0.25) is 5.02 Å². The fraction of sp³-hybridized carbons (Fsp3) is 0.120. The van der Waals surface area contributed by atoms with Crippen molar-refractivity contribution in [3.63, 3.8) is 0 Å². The predicted molar refractivity (Wildman–Crippen MR) is 122 cm³/mol. The van der Waals surface area contributed by atoms with Crippen LogP contribution in [0.25, 0.3) is 10.9 Å². The molecular weight excluding hydrogens is 410 g/mol. The molecule has 0 fully saturated rings. The van der Waals surface area contributed by atoms with Crippen molar-refractivity contribution in [2.75, 3.05) is 11.9 Å². The highest BCUT2D eigenvalue weighted by Crippen LogP contribution is 2.40. The van der Waals surface area contributed by atoms with Gasteiger partial charge in [0, 0.05) is 38.9 Å². The number of hydrogen-bond donors (Lipinski definition) is 2. The van der Waals surface area contributed by atoms with Crippen molar-refractivity contribution in [1.82, 2.24) is 9.88 Å². The van der Waals surface area contributed by atoms with Crippen molar-refractivity contribution >= 4 is 40.0 Å². The summed E-state index contributed by atoms with van der Waals surface area (Å²) in [7, 11) is 0. The number of benzene rings is 3. The van der Waals surface area contributed by atoms with E-state index in [0.717, 1.165) is 27.6 Å². The number of carbonyl (C=O) groups is 2. The topological polar surface area (TPSA) is 65.2 Å². The Morgan fingerprint density at radius 1 is 1.06 bits per heavy atom. The van der Waals surface area contributed by atoms with Crippen LogP contribution in [0.15, 0.2) is 72.9 Å². The Morgan fingerprint density at radius 2 is 1.84 bits per heavy atom. The van der Waals surface area contributed by atoms with Gasteiger partial charge in [0.2, 0.25) is 5.91 Å². The Bertz CT molecular complexity index is 1330. The first-order chi connectivity index (χ1) is 15.0. The molecule has 154 valence electrons. The molecule has 6 heteroatoms. The molecule has 1 unspecified atom stereocenters. The first kappa shape index (κ1) is 19.4. The Kier molecular flexibility index (Phi) is 4.75. The van der Waals surface area contributed by atoms with E-state index in [0.29, 0.717) is 16.3 Å². The normalized spacial score (nSPS) is 15.4. The van der Waals surface area contributed by atoms with Gasteiger partial charge in [-0.3, -0.25) is 9.59 Å². The van der Waals surface area contributed by atoms with Crippen molar-refractivity contribution in [2.45, 2.75) is 13.0 Å². The summed E-state index contributed by atoms with van der Waals surface area (Å²) >= 11 is 6.18. The average Bonchev–Trinajstić information content (AvgIpc) is 3.30. The first-order valence-corrected chi connectivity index (χ1v) is 10.4. The Labute approximate surface area is 184 Å². The van der Waals surface area contributed by atoms with E-state index >= 15 is 0 Å². The lowest BCUT2D eigenvalue weighted by molar-refractivity contribution is -0.117. The molecule has 2 heterocycles. The molecule has 2 N–H and O–H groups in total. The van der Waals surface area contributed by atoms with Gasteiger partial charge in [-0.15, -0.1) is 0 Å². The highest BCUT2D eigenvalue weighted by atomic mass is 35.5. The number of anilines is 1. The summed E-state index contributed by atoms with van der Waals surface area (Å²) in [6.07, 6.45) is 1.93. The molecule has 5 nitrogen and oxygen atoms in total. The molecule has 31 heavy (non-hydrogen) atoms. The number of carbonyl (C=O) groups excluding carboxylic acids is 2. The highest BCUT2D eigenvalue weighted by molar-refractivity contribution is 6.31. The molecule has 0 radical (unpaired) electrons. The molecule has 1 aliphatic heterocycles. The Morgan fingerprint density at radius 3 is 2.68 bits per heavy atom. The SMILES string of the molecule is Cc1ccc(NC(=O)CN2C(=O)c3ccccc3C2c2c[nH]c3ccccc23)cc1Cl. The molecule has 5 rings (SSSR count). The van der Waals surface area contributed by atoms with Gasteiger partial charge < -0.3 is 15.2 Å². The van der Waals surface area contributed by atoms with E-state index in [-0.39, 0.29) is 24.4 Å². The number of H-pyrrole nitrogens is 1. The number of nitrogens with zero attached hydrogens (tertiary/aromatic N) is 1. The number of nitrogens with one attached hydrogen (secondary N) is 2. The summed E-state index contributed by atoms with van der Waals surface area (Å²) in [6, 6.07) is 20.5. The lowest BCUT2D eigenvalue weighted by atomic mass is 9.97. The number of hydrogen-bond acceptors (Lipinski definition) is 2. The van der Waals surface area contributed by atoms with E-state index in [4.69, 9.17) is 11.6 Å². The van der Waals surface area contributed by atoms with Gasteiger partial charge >= 0.3 is 0 Å². The van der Waals surface area contributed by atoms with Crippen LogP contribution in [0.5, 0.6) is 0 Å². The number of fused-ring (bicyclic) bond motifs is 2. The van der Waals surface area contributed by atoms with Crippen LogP contribution >= 0.6 is 11.6 Å². The zero-order valence-corrected chi connectivity index (χ0v) is 17.6. The third kappa shape index (κ3) is 3.37. The van der Waals surface area contributed by atoms with Crippen LogP contribution in [0, 0.1) is 6.92 Å². The van der Waals surface area contributed by atoms with Crippen LogP contribution in [-0.4, -0.2) is 28.2 Å². The van der Waals surface area contributed by atoms with Crippen molar-refractivity contribution in [3.05, 3.63) is 100 Å². The monoisotopic (exact) mass is 429 g/mol. The van der Waals surface area contributed by atoms with E-state index in [1.165, 1.54) is 0 Å². The van der Waals surface area contributed by atoms with Crippen molar-refractivity contribution in [2.24, 2.45) is 0 Å². The highest BCUT2D eigenvalue weighted by Gasteiger charge is 2.39. The summed E-state index contributed by atoms with van der Waals surface area (Å²) < 4.78 is 0. The molecule has 1 atom stereocenters. The number of halogens is 1. The number of aromatic amines is 1. The van der Waals surface area contributed by atoms with Gasteiger partial charge in [-0.25, -0.2) is 0 Å². The maximum absolute atomic E-state index is 13.2. The Balaban J connectivity index is 1.49. The lowest BCUT2D eigenvalue weighted by Gasteiger charge is -2.25. The second-order valence-corrected chi connectivity index (χ2v) is 8.13. The van der Waals surface area contributed by atoms with Gasteiger partial charge in [-0.2, -0.15) is 0 Å². The van der Waals surface area contributed by atoms with Crippen LogP contribution < -0.4 is 5.32 Å². The van der Waals surface area contributed by atoms with Crippen LogP contribution in [0.1, 0.15) is 33.1 Å². The molecule has 0 saturated carbocycles. The lowest BCUT2D eigenvalue weighted by Crippen LogP contribution is -2.36. The fourth-order valence-electron chi connectivity index (χ4n) is 4.21. The number of aromatic nitrogens is 1. The second kappa shape index (κ2) is 7.60. The van der Waals surface area contributed by atoms with Gasteiger partial charge in [0.1, 0.15) is 6.54 Å². The van der Waals surface area contributed by atoms with Crippen LogP contribution in [-0.2, 0) is 4.79 Å². The smallest absolute Gasteiger partial charge is 0.255 e. The molecule has 0 bridgehead atoms. The van der Waals surface area contributed by atoms with Gasteiger partial charge in [0.05, 0.1) is 6.04 Å².